The van der Waals surface area contributed by atoms with Crippen molar-refractivity contribution in [2.24, 2.45) is 45.3 Å². The van der Waals surface area contributed by atoms with Gasteiger partial charge in [0, 0.05) is 23.3 Å². The van der Waals surface area contributed by atoms with Crippen LogP contribution in [0.3, 0.4) is 0 Å². The minimum absolute atomic E-state index is 0.0394. The summed E-state index contributed by atoms with van der Waals surface area (Å²) in [6.07, 6.45) is 0.600. The summed E-state index contributed by atoms with van der Waals surface area (Å²) >= 11 is 0.811. The van der Waals surface area contributed by atoms with Gasteiger partial charge in [-0.1, -0.05) is 53.3 Å². The quantitative estimate of drug-likeness (QED) is 0.397. The number of carbonyl (C=O) groups is 3. The number of allylic oxidation sites excluding steroid dienone is 3. The van der Waals surface area contributed by atoms with Crippen molar-refractivity contribution >= 4 is 28.6 Å². The monoisotopic (exact) mass is 575 g/mol. The lowest BCUT2D eigenvalue weighted by Gasteiger charge is -2.61. The van der Waals surface area contributed by atoms with E-state index in [0.717, 1.165) is 23.9 Å². The number of hydrogen-bond donors (Lipinski definition) is 1. The molecule has 4 fully saturated rings. The molecule has 0 saturated heterocycles. The van der Waals surface area contributed by atoms with Crippen LogP contribution < -0.4 is 0 Å². The number of fused-ring (bicyclic) bond motifs is 5. The third kappa shape index (κ3) is 3.29. The minimum atomic E-state index is -2.07. The Morgan fingerprint density at radius 2 is 1.73 bits per heavy atom. The van der Waals surface area contributed by atoms with Crippen LogP contribution in [-0.2, 0) is 19.1 Å². The first-order chi connectivity index (χ1) is 18.4. The van der Waals surface area contributed by atoms with Gasteiger partial charge in [-0.05, 0) is 61.0 Å². The summed E-state index contributed by atoms with van der Waals surface area (Å²) in [4.78, 5) is 40.0. The minimum Gasteiger partial charge on any atom is -0.511 e. The molecule has 5 rings (SSSR count). The lowest BCUT2D eigenvalue weighted by atomic mass is 9.45. The van der Waals surface area contributed by atoms with Crippen LogP contribution in [0.4, 0.5) is 8.78 Å². The topological polar surface area (TPSA) is 104 Å². The maximum absolute atomic E-state index is 17.5. The standard InChI is InChI=1S/C31H39F2NO5S/c1-16-12-18-19-15-21(32)20-13-17(35)14-22(36)29(20,7)30(19,33)9-8-28(18,6)31(16,25(38)40-11-10-34)39-24(37)23-26(2,3)27(23,4)5/h13-14,16,18-19,21,23,36H,8-9,11-12,15H2,1-7H3/t16-,18+,19+,21+,28+,29-,30-,31+/m1/s1. The number of hydrogen-bond acceptors (Lipinski definition) is 7. The first-order valence-electron chi connectivity index (χ1n) is 14.1. The van der Waals surface area contributed by atoms with E-state index in [1.807, 2.05) is 47.6 Å². The molecule has 1 N–H and O–H groups in total. The molecule has 9 heteroatoms. The highest BCUT2D eigenvalue weighted by atomic mass is 32.2. The zero-order chi connectivity index (χ0) is 29.8. The highest BCUT2D eigenvalue weighted by Crippen LogP contribution is 2.74. The van der Waals surface area contributed by atoms with Crippen LogP contribution in [0.2, 0.25) is 0 Å². The number of alkyl halides is 2. The number of nitriles is 1. The lowest BCUT2D eigenvalue weighted by molar-refractivity contribution is -0.204. The lowest BCUT2D eigenvalue weighted by Crippen LogP contribution is -2.66. The number of ketones is 1. The van der Waals surface area contributed by atoms with E-state index in [1.54, 1.807) is 0 Å². The van der Waals surface area contributed by atoms with Crippen molar-refractivity contribution in [2.45, 2.75) is 91.6 Å². The van der Waals surface area contributed by atoms with E-state index >= 15 is 8.78 Å². The molecule has 0 spiro atoms. The van der Waals surface area contributed by atoms with Crippen molar-refractivity contribution in [1.29, 1.82) is 5.26 Å². The summed E-state index contributed by atoms with van der Waals surface area (Å²) in [5.41, 5.74) is -7.12. The summed E-state index contributed by atoms with van der Waals surface area (Å²) < 4.78 is 39.7. The highest BCUT2D eigenvalue weighted by Gasteiger charge is 2.78. The number of rotatable bonds is 4. The fourth-order valence-corrected chi connectivity index (χ4v) is 10.3. The van der Waals surface area contributed by atoms with E-state index in [0.29, 0.717) is 6.42 Å². The highest BCUT2D eigenvalue weighted by molar-refractivity contribution is 8.14. The van der Waals surface area contributed by atoms with Crippen molar-refractivity contribution in [1.82, 2.24) is 0 Å². The van der Waals surface area contributed by atoms with E-state index in [9.17, 15) is 24.8 Å². The Labute approximate surface area is 239 Å². The number of halogens is 2. The molecule has 0 heterocycles. The molecule has 4 saturated carbocycles. The fraction of sp³-hybridized carbons (Fsp3) is 0.742. The predicted octanol–water partition coefficient (Wildman–Crippen LogP) is 6.21. The van der Waals surface area contributed by atoms with Crippen LogP contribution >= 0.6 is 11.8 Å². The van der Waals surface area contributed by atoms with Crippen LogP contribution in [0.25, 0.3) is 0 Å². The fourth-order valence-electron chi connectivity index (χ4n) is 9.42. The first-order valence-corrected chi connectivity index (χ1v) is 15.1. The largest absolute Gasteiger partial charge is 0.511 e. The summed E-state index contributed by atoms with van der Waals surface area (Å²) in [7, 11) is 0. The zero-order valence-corrected chi connectivity index (χ0v) is 25.1. The maximum atomic E-state index is 17.5. The molecular weight excluding hydrogens is 536 g/mol. The molecule has 0 aromatic carbocycles. The second-order valence-corrected chi connectivity index (χ2v) is 15.2. The summed E-state index contributed by atoms with van der Waals surface area (Å²) in [5.74, 6) is -3.99. The third-order valence-electron chi connectivity index (χ3n) is 12.4. The molecule has 0 aromatic rings. The van der Waals surface area contributed by atoms with Crippen LogP contribution in [-0.4, -0.2) is 45.2 Å². The third-order valence-corrected chi connectivity index (χ3v) is 13.3. The van der Waals surface area contributed by atoms with Crippen LogP contribution in [0, 0.1) is 56.7 Å². The van der Waals surface area contributed by atoms with Crippen molar-refractivity contribution in [2.75, 3.05) is 5.75 Å². The van der Waals surface area contributed by atoms with Gasteiger partial charge in [0.15, 0.2) is 11.4 Å². The molecule has 5 aliphatic rings. The number of aliphatic hydroxyl groups is 1. The van der Waals surface area contributed by atoms with Gasteiger partial charge in [-0.2, -0.15) is 5.26 Å². The molecule has 0 aliphatic heterocycles. The maximum Gasteiger partial charge on any atom is 0.311 e. The Morgan fingerprint density at radius 1 is 1.10 bits per heavy atom. The summed E-state index contributed by atoms with van der Waals surface area (Å²) in [5, 5.41) is 19.7. The van der Waals surface area contributed by atoms with Gasteiger partial charge in [0.25, 0.3) is 0 Å². The number of thioether (sulfide) groups is 1. The Balaban J connectivity index is 1.60. The molecule has 8 atom stereocenters. The van der Waals surface area contributed by atoms with E-state index in [-0.39, 0.29) is 41.4 Å². The Hall–Kier alpha value is -2.21. The van der Waals surface area contributed by atoms with Crippen molar-refractivity contribution < 1.29 is 33.0 Å². The van der Waals surface area contributed by atoms with E-state index in [2.05, 4.69) is 0 Å². The molecular formula is C31H39F2NO5S. The number of esters is 1. The van der Waals surface area contributed by atoms with Gasteiger partial charge in [0.1, 0.15) is 17.6 Å². The zero-order valence-electron chi connectivity index (χ0n) is 24.3. The Bertz CT molecular complexity index is 1290. The van der Waals surface area contributed by atoms with Gasteiger partial charge in [-0.3, -0.25) is 14.4 Å². The van der Waals surface area contributed by atoms with Gasteiger partial charge < -0.3 is 9.84 Å². The number of aliphatic hydroxyl groups excluding tert-OH is 1. The predicted molar refractivity (Wildman–Crippen MR) is 146 cm³/mol. The SMILES string of the molecule is C[C@@H]1C[C@H]2[C@@H]3C[C@H](F)C4=CC(=O)C=C(O)[C@]4(C)[C@@]3(F)CC[C@]2(C)[C@@]1(OC(=O)C1C(C)(C)C1(C)C)C(=O)SCC#N. The normalized spacial score (nSPS) is 44.8. The number of carbonyl (C=O) groups excluding carboxylic acids is 3. The average Bonchev–Trinajstić information content (AvgIpc) is 3.16. The Kier molecular flexibility index (Phi) is 6.34. The molecule has 0 aromatic heterocycles. The molecule has 0 unspecified atom stereocenters. The number of nitrogens with zero attached hydrogens (tertiary/aromatic N) is 1. The van der Waals surface area contributed by atoms with Crippen LogP contribution in [0.1, 0.15) is 74.1 Å². The van der Waals surface area contributed by atoms with Gasteiger partial charge in [0.05, 0.1) is 23.2 Å². The second-order valence-electron chi connectivity index (χ2n) is 14.3. The number of ether oxygens (including phenoxy) is 1. The van der Waals surface area contributed by atoms with Crippen molar-refractivity contribution in [3.8, 4) is 6.07 Å². The molecule has 40 heavy (non-hydrogen) atoms. The van der Waals surface area contributed by atoms with Gasteiger partial charge in [0.2, 0.25) is 5.12 Å². The molecule has 218 valence electrons. The van der Waals surface area contributed by atoms with E-state index in [4.69, 9.17) is 4.74 Å². The molecule has 6 nitrogen and oxygen atoms in total. The van der Waals surface area contributed by atoms with Crippen molar-refractivity contribution in [3.63, 3.8) is 0 Å². The average molecular weight is 576 g/mol. The van der Waals surface area contributed by atoms with Gasteiger partial charge in [-0.25, -0.2) is 8.78 Å². The smallest absolute Gasteiger partial charge is 0.311 e. The van der Waals surface area contributed by atoms with Gasteiger partial charge in [-0.15, -0.1) is 0 Å². The van der Waals surface area contributed by atoms with Gasteiger partial charge >= 0.3 is 5.97 Å². The van der Waals surface area contributed by atoms with Crippen LogP contribution in [0.15, 0.2) is 23.5 Å². The van der Waals surface area contributed by atoms with E-state index in [1.165, 1.54) is 6.92 Å². The first kappa shape index (κ1) is 29.3. The summed E-state index contributed by atoms with van der Waals surface area (Å²) in [6, 6.07) is 1.98. The molecule has 0 bridgehead atoms. The molecule has 0 radical (unpaired) electrons. The Morgan fingerprint density at radius 3 is 2.30 bits per heavy atom. The molecule has 0 amide bonds. The van der Waals surface area contributed by atoms with Crippen molar-refractivity contribution in [3.05, 3.63) is 23.5 Å². The van der Waals surface area contributed by atoms with E-state index < -0.39 is 74.6 Å². The summed E-state index contributed by atoms with van der Waals surface area (Å²) in [6.45, 7) is 13.1. The van der Waals surface area contributed by atoms with Crippen LogP contribution in [0.5, 0.6) is 0 Å². The molecule has 5 aliphatic carbocycles. The second kappa shape index (κ2) is 8.65.